The van der Waals surface area contributed by atoms with Crippen molar-refractivity contribution in [2.45, 2.75) is 27.3 Å². The fraction of sp³-hybridized carbons (Fsp3) is 0.160. The van der Waals surface area contributed by atoms with E-state index in [1.807, 2.05) is 10.7 Å². The van der Waals surface area contributed by atoms with Crippen molar-refractivity contribution in [2.24, 2.45) is 0 Å². The van der Waals surface area contributed by atoms with Crippen LogP contribution in [0.2, 0.25) is 5.02 Å². The van der Waals surface area contributed by atoms with E-state index in [-0.39, 0.29) is 0 Å². The van der Waals surface area contributed by atoms with Crippen LogP contribution in [-0.2, 0) is 6.54 Å². The molecule has 0 unspecified atom stereocenters. The van der Waals surface area contributed by atoms with Gasteiger partial charge in [0.25, 0.3) is 0 Å². The zero-order chi connectivity index (χ0) is 19.7. The van der Waals surface area contributed by atoms with E-state index in [9.17, 15) is 0 Å². The van der Waals surface area contributed by atoms with Gasteiger partial charge in [-0.2, -0.15) is 5.10 Å². The van der Waals surface area contributed by atoms with E-state index in [1.165, 1.54) is 22.3 Å². The molecule has 1 aromatic heterocycles. The molecule has 0 saturated carbocycles. The number of hydrogen-bond acceptors (Lipinski definition) is 1. The Balaban J connectivity index is 1.89. The maximum Gasteiger partial charge on any atom is 0.112 e. The van der Waals surface area contributed by atoms with Gasteiger partial charge in [-0.05, 0) is 38.5 Å². The molecule has 0 N–H and O–H groups in total. The van der Waals surface area contributed by atoms with Crippen LogP contribution in [0.4, 0.5) is 0 Å². The lowest BCUT2D eigenvalue weighted by Gasteiger charge is -2.09. The molecule has 1 heterocycles. The van der Waals surface area contributed by atoms with Gasteiger partial charge in [-0.25, -0.2) is 0 Å². The third kappa shape index (κ3) is 3.74. The normalized spacial score (nSPS) is 11.0. The smallest absolute Gasteiger partial charge is 0.112 e. The van der Waals surface area contributed by atoms with Gasteiger partial charge >= 0.3 is 0 Å². The summed E-state index contributed by atoms with van der Waals surface area (Å²) in [6.45, 7) is 6.97. The topological polar surface area (TPSA) is 17.8 Å². The molecule has 28 heavy (non-hydrogen) atoms. The van der Waals surface area contributed by atoms with Crippen molar-refractivity contribution in [1.29, 1.82) is 0 Å². The number of nitrogens with zero attached hydrogens (tertiary/aromatic N) is 2. The molecule has 4 aromatic rings. The number of rotatable bonds is 4. The maximum absolute atomic E-state index is 6.92. The molecule has 140 valence electrons. The van der Waals surface area contributed by atoms with E-state index in [1.54, 1.807) is 0 Å². The van der Waals surface area contributed by atoms with Crippen molar-refractivity contribution in [2.75, 3.05) is 0 Å². The minimum atomic E-state index is 0.677. The summed E-state index contributed by atoms with van der Waals surface area (Å²) in [6.07, 6.45) is 0. The van der Waals surface area contributed by atoms with Crippen LogP contribution in [0.3, 0.4) is 0 Å². The Labute approximate surface area is 171 Å². The molecular weight excluding hydrogens is 364 g/mol. The summed E-state index contributed by atoms with van der Waals surface area (Å²) in [5, 5.41) is 5.63. The molecule has 0 bridgehead atoms. The summed E-state index contributed by atoms with van der Waals surface area (Å²) in [6, 6.07) is 25.3. The lowest BCUT2D eigenvalue weighted by Crippen LogP contribution is -2.04. The standard InChI is InChI=1S/C25H23ClN2/c1-17-7-4-10-20(13-17)16-28-25(22-12-6-9-19(3)15-22)23(26)24(27-28)21-11-5-8-18(2)14-21/h4-15H,16H2,1-3H3. The van der Waals surface area contributed by atoms with Crippen LogP contribution in [0, 0.1) is 20.8 Å². The van der Waals surface area contributed by atoms with Crippen molar-refractivity contribution in [1.82, 2.24) is 9.78 Å². The largest absolute Gasteiger partial charge is 0.258 e. The summed E-state index contributed by atoms with van der Waals surface area (Å²) < 4.78 is 2.03. The van der Waals surface area contributed by atoms with Crippen LogP contribution in [0.25, 0.3) is 22.5 Å². The zero-order valence-corrected chi connectivity index (χ0v) is 17.2. The van der Waals surface area contributed by atoms with Gasteiger partial charge in [0.15, 0.2) is 0 Å². The maximum atomic E-state index is 6.92. The first kappa shape index (κ1) is 18.5. The second kappa shape index (κ2) is 7.65. The molecule has 0 aliphatic rings. The molecule has 4 rings (SSSR count). The number of aromatic nitrogens is 2. The Morgan fingerprint density at radius 2 is 1.32 bits per heavy atom. The average molecular weight is 387 g/mol. The summed E-state index contributed by atoms with van der Waals surface area (Å²) in [4.78, 5) is 0. The van der Waals surface area contributed by atoms with Crippen molar-refractivity contribution >= 4 is 11.6 Å². The monoisotopic (exact) mass is 386 g/mol. The Morgan fingerprint density at radius 1 is 0.750 bits per heavy atom. The molecule has 0 atom stereocenters. The van der Waals surface area contributed by atoms with Crippen LogP contribution in [-0.4, -0.2) is 9.78 Å². The Kier molecular flexibility index (Phi) is 5.06. The Hall–Kier alpha value is -2.84. The lowest BCUT2D eigenvalue weighted by molar-refractivity contribution is 0.696. The first-order valence-corrected chi connectivity index (χ1v) is 9.85. The summed E-state index contributed by atoms with van der Waals surface area (Å²) in [5.74, 6) is 0. The van der Waals surface area contributed by atoms with E-state index < -0.39 is 0 Å². The van der Waals surface area contributed by atoms with Gasteiger partial charge < -0.3 is 0 Å². The lowest BCUT2D eigenvalue weighted by atomic mass is 10.1. The van der Waals surface area contributed by atoms with E-state index in [2.05, 4.69) is 87.5 Å². The van der Waals surface area contributed by atoms with Gasteiger partial charge in [0.2, 0.25) is 0 Å². The number of hydrogen-bond donors (Lipinski definition) is 0. The van der Waals surface area contributed by atoms with Crippen LogP contribution in [0.1, 0.15) is 22.3 Å². The predicted octanol–water partition coefficient (Wildman–Crippen LogP) is 6.84. The quantitative estimate of drug-likeness (QED) is 0.375. The predicted molar refractivity (Wildman–Crippen MR) is 118 cm³/mol. The third-order valence-corrected chi connectivity index (χ3v) is 5.25. The number of aryl methyl sites for hydroxylation is 3. The first-order chi connectivity index (χ1) is 13.5. The molecule has 0 fully saturated rings. The molecule has 0 radical (unpaired) electrons. The van der Waals surface area contributed by atoms with Gasteiger partial charge in [-0.15, -0.1) is 0 Å². The second-order valence-corrected chi connectivity index (χ2v) is 7.77. The average Bonchev–Trinajstić information content (AvgIpc) is 2.98. The Bertz CT molecular complexity index is 1140. The van der Waals surface area contributed by atoms with Crippen LogP contribution in [0.5, 0.6) is 0 Å². The SMILES string of the molecule is Cc1cccc(Cn2nc(-c3cccc(C)c3)c(Cl)c2-c2cccc(C)c2)c1. The van der Waals surface area contributed by atoms with E-state index in [0.717, 1.165) is 22.5 Å². The van der Waals surface area contributed by atoms with Gasteiger partial charge in [-0.1, -0.05) is 89.0 Å². The van der Waals surface area contributed by atoms with E-state index in [0.29, 0.717) is 11.6 Å². The van der Waals surface area contributed by atoms with Gasteiger partial charge in [0, 0.05) is 11.1 Å². The highest BCUT2D eigenvalue weighted by atomic mass is 35.5. The second-order valence-electron chi connectivity index (χ2n) is 7.40. The fourth-order valence-electron chi connectivity index (χ4n) is 3.58. The van der Waals surface area contributed by atoms with Crippen LogP contribution >= 0.6 is 11.6 Å². The highest BCUT2D eigenvalue weighted by Gasteiger charge is 2.19. The molecule has 2 nitrogen and oxygen atoms in total. The Morgan fingerprint density at radius 3 is 1.96 bits per heavy atom. The fourth-order valence-corrected chi connectivity index (χ4v) is 3.94. The molecule has 0 amide bonds. The van der Waals surface area contributed by atoms with Gasteiger partial charge in [0.05, 0.1) is 17.3 Å². The summed E-state index contributed by atoms with van der Waals surface area (Å²) >= 11 is 6.92. The molecule has 0 spiro atoms. The van der Waals surface area contributed by atoms with Crippen LogP contribution < -0.4 is 0 Å². The molecular formula is C25H23ClN2. The summed E-state index contributed by atoms with van der Waals surface area (Å²) in [7, 11) is 0. The number of benzene rings is 3. The minimum Gasteiger partial charge on any atom is -0.258 e. The third-order valence-electron chi connectivity index (χ3n) is 4.89. The highest BCUT2D eigenvalue weighted by Crippen LogP contribution is 2.37. The van der Waals surface area contributed by atoms with Crippen molar-refractivity contribution in [3.8, 4) is 22.5 Å². The van der Waals surface area contributed by atoms with Crippen molar-refractivity contribution in [3.63, 3.8) is 0 Å². The summed E-state index contributed by atoms with van der Waals surface area (Å²) in [5.41, 5.74) is 8.77. The molecule has 3 aromatic carbocycles. The van der Waals surface area contributed by atoms with Crippen LogP contribution in [0.15, 0.2) is 72.8 Å². The molecule has 0 aliphatic carbocycles. The molecule has 0 aliphatic heterocycles. The van der Waals surface area contributed by atoms with Gasteiger partial charge in [0.1, 0.15) is 5.69 Å². The van der Waals surface area contributed by atoms with E-state index >= 15 is 0 Å². The molecule has 0 saturated heterocycles. The minimum absolute atomic E-state index is 0.677. The highest BCUT2D eigenvalue weighted by molar-refractivity contribution is 6.35. The van der Waals surface area contributed by atoms with Crippen molar-refractivity contribution < 1.29 is 0 Å². The zero-order valence-electron chi connectivity index (χ0n) is 16.4. The van der Waals surface area contributed by atoms with Crippen molar-refractivity contribution in [3.05, 3.63) is 100 Å². The first-order valence-electron chi connectivity index (χ1n) is 9.47. The molecule has 3 heteroatoms. The van der Waals surface area contributed by atoms with Gasteiger partial charge in [-0.3, -0.25) is 4.68 Å². The van der Waals surface area contributed by atoms with E-state index in [4.69, 9.17) is 16.7 Å². The number of halogens is 1.